The molecule has 0 bridgehead atoms. The molecule has 0 rings (SSSR count). The van der Waals surface area contributed by atoms with E-state index in [1.807, 2.05) is 0 Å². The van der Waals surface area contributed by atoms with Crippen molar-refractivity contribution in [1.29, 1.82) is 0 Å². The summed E-state index contributed by atoms with van der Waals surface area (Å²) in [5.41, 5.74) is 0. The smallest absolute Gasteiger partial charge is 0.283 e. The maximum absolute atomic E-state index is 11.5. The van der Waals surface area contributed by atoms with E-state index in [1.165, 1.54) is 0 Å². The molecule has 0 saturated carbocycles. The molecule has 12 heavy (non-hydrogen) atoms. The lowest BCUT2D eigenvalue weighted by Crippen LogP contribution is -2.18. The van der Waals surface area contributed by atoms with Crippen LogP contribution < -0.4 is 0 Å². The first-order valence-corrected chi connectivity index (χ1v) is 4.45. The molecule has 0 heterocycles. The van der Waals surface area contributed by atoms with Gasteiger partial charge in [0.2, 0.25) is 0 Å². The highest BCUT2D eigenvalue weighted by atomic mass is 31.2. The molecule has 0 aromatic heterocycles. The van der Waals surface area contributed by atoms with Crippen LogP contribution in [0.1, 0.15) is 0 Å². The molecular weight excluding hydrogens is 213 g/mol. The zero-order chi connectivity index (χ0) is 10.2. The van der Waals surface area contributed by atoms with Crippen LogP contribution in [-0.2, 0) is 9.09 Å². The summed E-state index contributed by atoms with van der Waals surface area (Å²) < 4.78 is 80.6. The zero-order valence-corrected chi connectivity index (χ0v) is 6.43. The number of hydrogen-bond donors (Lipinski definition) is 0. The Bertz CT molecular complexity index is 204. The van der Waals surface area contributed by atoms with Gasteiger partial charge in [-0.25, -0.2) is 4.52 Å². The molecular formula is C3H3F6O2P. The third-order valence-corrected chi connectivity index (χ3v) is 2.21. The standard InChI is InChI=1S/C3H3F6O2P/c1-12(10,3(7,8)9)11-2(4,5)6/h1H3. The first-order valence-electron chi connectivity index (χ1n) is 2.37. The highest BCUT2D eigenvalue weighted by Crippen LogP contribution is 2.61. The topological polar surface area (TPSA) is 26.3 Å². The lowest BCUT2D eigenvalue weighted by molar-refractivity contribution is -0.279. The van der Waals surface area contributed by atoms with Crippen LogP contribution in [0.25, 0.3) is 0 Å². The van der Waals surface area contributed by atoms with Crippen molar-refractivity contribution in [3.05, 3.63) is 0 Å². The maximum Gasteiger partial charge on any atom is 0.528 e. The Labute approximate surface area is 63.0 Å². The summed E-state index contributed by atoms with van der Waals surface area (Å²) in [5, 5.41) is 0. The van der Waals surface area contributed by atoms with Gasteiger partial charge in [-0.2, -0.15) is 13.2 Å². The summed E-state index contributed by atoms with van der Waals surface area (Å²) >= 11 is 0. The third kappa shape index (κ3) is 3.44. The van der Waals surface area contributed by atoms with Gasteiger partial charge in [0.15, 0.2) is 0 Å². The van der Waals surface area contributed by atoms with Gasteiger partial charge in [0.25, 0.3) is 0 Å². The molecule has 0 radical (unpaired) electrons. The van der Waals surface area contributed by atoms with Crippen LogP contribution in [-0.4, -0.2) is 18.9 Å². The molecule has 9 heteroatoms. The summed E-state index contributed by atoms with van der Waals surface area (Å²) in [6.07, 6.45) is -5.54. The van der Waals surface area contributed by atoms with Crippen LogP contribution >= 0.6 is 7.37 Å². The van der Waals surface area contributed by atoms with E-state index in [0.717, 1.165) is 0 Å². The molecule has 0 saturated heterocycles. The van der Waals surface area contributed by atoms with Crippen molar-refractivity contribution in [1.82, 2.24) is 0 Å². The molecule has 0 fully saturated rings. The average molecular weight is 216 g/mol. The number of rotatable bonds is 1. The fourth-order valence-corrected chi connectivity index (χ4v) is 0.748. The van der Waals surface area contributed by atoms with Crippen LogP contribution in [0.15, 0.2) is 0 Å². The lowest BCUT2D eigenvalue weighted by atomic mass is 11.4. The lowest BCUT2D eigenvalue weighted by Gasteiger charge is -2.17. The second-order valence-corrected chi connectivity index (χ2v) is 4.23. The van der Waals surface area contributed by atoms with E-state index < -0.39 is 19.6 Å². The van der Waals surface area contributed by atoms with Gasteiger partial charge in [-0.05, 0) is 0 Å². The monoisotopic (exact) mass is 216 g/mol. The fraction of sp³-hybridized carbons (Fsp3) is 1.00. The van der Waals surface area contributed by atoms with E-state index in [4.69, 9.17) is 0 Å². The summed E-state index contributed by atoms with van der Waals surface area (Å²) in [6.45, 7) is -0.138. The van der Waals surface area contributed by atoms with E-state index in [2.05, 4.69) is 4.52 Å². The normalized spacial score (nSPS) is 18.9. The van der Waals surface area contributed by atoms with Crippen molar-refractivity contribution in [2.75, 3.05) is 6.66 Å². The van der Waals surface area contributed by atoms with Gasteiger partial charge >= 0.3 is 19.6 Å². The van der Waals surface area contributed by atoms with Crippen molar-refractivity contribution in [2.24, 2.45) is 0 Å². The summed E-state index contributed by atoms with van der Waals surface area (Å²) in [4.78, 5) is 0. The number of halogens is 6. The molecule has 1 atom stereocenters. The highest BCUT2D eigenvalue weighted by molar-refractivity contribution is 7.59. The zero-order valence-electron chi connectivity index (χ0n) is 5.53. The molecule has 0 aliphatic rings. The fourth-order valence-electron chi connectivity index (χ4n) is 0.249. The van der Waals surface area contributed by atoms with Crippen LogP contribution in [0.4, 0.5) is 26.3 Å². The van der Waals surface area contributed by atoms with Gasteiger partial charge in [0.1, 0.15) is 0 Å². The van der Waals surface area contributed by atoms with E-state index in [-0.39, 0.29) is 6.66 Å². The van der Waals surface area contributed by atoms with Crippen molar-refractivity contribution < 1.29 is 35.4 Å². The first kappa shape index (κ1) is 11.8. The van der Waals surface area contributed by atoms with Crippen LogP contribution in [0.3, 0.4) is 0 Å². The van der Waals surface area contributed by atoms with Crippen molar-refractivity contribution in [3.63, 3.8) is 0 Å². The summed E-state index contributed by atoms with van der Waals surface area (Å²) in [6, 6.07) is 0. The van der Waals surface area contributed by atoms with Gasteiger partial charge in [-0.15, -0.1) is 13.2 Å². The number of alkyl halides is 6. The highest BCUT2D eigenvalue weighted by Gasteiger charge is 2.54. The van der Waals surface area contributed by atoms with E-state index >= 15 is 0 Å². The van der Waals surface area contributed by atoms with Crippen molar-refractivity contribution >= 4 is 7.37 Å². The molecule has 0 spiro atoms. The molecule has 0 N–H and O–H groups in total. The van der Waals surface area contributed by atoms with Gasteiger partial charge in [0, 0.05) is 6.66 Å². The minimum atomic E-state index is -5.62. The second-order valence-electron chi connectivity index (χ2n) is 1.85. The SMILES string of the molecule is CP(=O)(OC(F)(F)F)C(F)(F)F. The largest absolute Gasteiger partial charge is 0.528 e. The van der Waals surface area contributed by atoms with Gasteiger partial charge < -0.3 is 0 Å². The molecule has 1 unspecified atom stereocenters. The predicted octanol–water partition coefficient (Wildman–Crippen LogP) is 2.95. The molecule has 0 aliphatic carbocycles. The summed E-state index contributed by atoms with van der Waals surface area (Å²) in [5.74, 6) is -5.48. The van der Waals surface area contributed by atoms with Crippen LogP contribution in [0.2, 0.25) is 0 Å². The summed E-state index contributed by atoms with van der Waals surface area (Å²) in [7, 11) is -5.62. The van der Waals surface area contributed by atoms with Crippen LogP contribution in [0, 0.1) is 0 Å². The molecule has 0 aliphatic heterocycles. The molecule has 74 valence electrons. The molecule has 0 aromatic rings. The number of hydrogen-bond acceptors (Lipinski definition) is 2. The van der Waals surface area contributed by atoms with Gasteiger partial charge in [-0.1, -0.05) is 0 Å². The van der Waals surface area contributed by atoms with Gasteiger partial charge in [-0.3, -0.25) is 4.57 Å². The Morgan fingerprint density at radius 1 is 1.08 bits per heavy atom. The minimum Gasteiger partial charge on any atom is -0.283 e. The second kappa shape index (κ2) is 2.92. The van der Waals surface area contributed by atoms with Gasteiger partial charge in [0.05, 0.1) is 0 Å². The minimum absolute atomic E-state index is 0.138. The Hall–Kier alpha value is -0.230. The third-order valence-electron chi connectivity index (χ3n) is 0.738. The maximum atomic E-state index is 11.5. The average Bonchev–Trinajstić information content (AvgIpc) is 1.52. The first-order chi connectivity index (χ1) is 4.96. The Morgan fingerprint density at radius 3 is 1.50 bits per heavy atom. The Morgan fingerprint density at radius 2 is 1.42 bits per heavy atom. The van der Waals surface area contributed by atoms with Crippen molar-refractivity contribution in [3.8, 4) is 0 Å². The van der Waals surface area contributed by atoms with Crippen LogP contribution in [0.5, 0.6) is 0 Å². The van der Waals surface area contributed by atoms with E-state index in [0.29, 0.717) is 0 Å². The predicted molar refractivity (Wildman–Crippen MR) is 26.7 cm³/mol. The quantitative estimate of drug-likeness (QED) is 0.497. The Kier molecular flexibility index (Phi) is 2.86. The molecule has 2 nitrogen and oxygen atoms in total. The molecule has 0 aromatic carbocycles. The molecule has 0 amide bonds. The van der Waals surface area contributed by atoms with E-state index in [9.17, 15) is 30.9 Å². The van der Waals surface area contributed by atoms with Crippen molar-refractivity contribution in [2.45, 2.75) is 12.3 Å². The van der Waals surface area contributed by atoms with E-state index in [1.54, 1.807) is 0 Å². The Balaban J connectivity index is 4.57.